The predicted molar refractivity (Wildman–Crippen MR) is 104 cm³/mol. The number of ether oxygens (including phenoxy) is 1. The van der Waals surface area contributed by atoms with E-state index in [1.165, 1.54) is 0 Å². The summed E-state index contributed by atoms with van der Waals surface area (Å²) in [4.78, 5) is 23.1. The first-order valence-corrected chi connectivity index (χ1v) is 9.57. The van der Waals surface area contributed by atoms with Gasteiger partial charge in [-0.3, -0.25) is 4.79 Å². The number of hydrogen-bond donors (Lipinski definition) is 3. The average Bonchev–Trinajstić information content (AvgIpc) is 3.08. The van der Waals surface area contributed by atoms with Crippen LogP contribution in [0.15, 0.2) is 30.3 Å². The lowest BCUT2D eigenvalue weighted by molar-refractivity contribution is -0.143. The van der Waals surface area contributed by atoms with Gasteiger partial charge in [0.2, 0.25) is 0 Å². The molecular weight excluding hydrogens is 382 g/mol. The summed E-state index contributed by atoms with van der Waals surface area (Å²) >= 11 is 6.41. The van der Waals surface area contributed by atoms with Crippen molar-refractivity contribution >= 4 is 28.7 Å². The highest BCUT2D eigenvalue weighted by molar-refractivity contribution is 6.33. The molecule has 0 atom stereocenters. The number of carbonyl (C=O) groups is 1. The number of aromatic amines is 1. The molecule has 2 heterocycles. The van der Waals surface area contributed by atoms with Crippen LogP contribution in [0.3, 0.4) is 0 Å². The van der Waals surface area contributed by atoms with Crippen molar-refractivity contribution in [1.82, 2.24) is 15.0 Å². The number of rotatable bonds is 5. The van der Waals surface area contributed by atoms with Crippen LogP contribution in [-0.4, -0.2) is 37.2 Å². The second-order valence-electron chi connectivity index (χ2n) is 7.02. The van der Waals surface area contributed by atoms with E-state index in [9.17, 15) is 9.90 Å². The minimum Gasteiger partial charge on any atom is -0.481 e. The molecule has 0 amide bonds. The lowest BCUT2D eigenvalue weighted by Crippen LogP contribution is -2.28. The molecule has 0 saturated heterocycles. The van der Waals surface area contributed by atoms with E-state index in [0.29, 0.717) is 53.6 Å². The molecule has 0 spiro atoms. The van der Waals surface area contributed by atoms with E-state index in [2.05, 4.69) is 15.0 Å². The van der Waals surface area contributed by atoms with Crippen molar-refractivity contribution < 1.29 is 19.7 Å². The zero-order valence-electron chi connectivity index (χ0n) is 15.1. The molecule has 146 valence electrons. The Morgan fingerprint density at radius 3 is 2.71 bits per heavy atom. The molecule has 0 bridgehead atoms. The second kappa shape index (κ2) is 7.77. The molecule has 1 aliphatic rings. The van der Waals surface area contributed by atoms with Gasteiger partial charge in [0.1, 0.15) is 6.10 Å². The number of halogens is 1. The minimum absolute atomic E-state index is 0.0573. The predicted octanol–water partition coefficient (Wildman–Crippen LogP) is 3.79. The zero-order valence-corrected chi connectivity index (χ0v) is 15.8. The third-order valence-corrected chi connectivity index (χ3v) is 5.38. The first-order valence-electron chi connectivity index (χ1n) is 9.19. The van der Waals surface area contributed by atoms with Gasteiger partial charge in [-0.05, 0) is 43.4 Å². The number of aliphatic hydroxyl groups is 1. The van der Waals surface area contributed by atoms with Gasteiger partial charge in [-0.25, -0.2) is 4.98 Å². The summed E-state index contributed by atoms with van der Waals surface area (Å²) < 4.78 is 5.91. The van der Waals surface area contributed by atoms with Crippen molar-refractivity contribution in [1.29, 1.82) is 0 Å². The number of aliphatic carboxylic acids is 1. The molecule has 1 aliphatic carbocycles. The number of aromatic nitrogens is 3. The van der Waals surface area contributed by atoms with Gasteiger partial charge in [0, 0.05) is 5.56 Å². The summed E-state index contributed by atoms with van der Waals surface area (Å²) in [5, 5.41) is 18.9. The molecule has 2 aromatic heterocycles. The Balaban J connectivity index is 1.55. The normalized spacial score (nSPS) is 19.6. The van der Waals surface area contributed by atoms with E-state index >= 15 is 0 Å². The van der Waals surface area contributed by atoms with Gasteiger partial charge in [-0.2, -0.15) is 4.98 Å². The third-order valence-electron chi connectivity index (χ3n) is 5.09. The van der Waals surface area contributed by atoms with Crippen molar-refractivity contribution in [3.05, 3.63) is 40.9 Å². The summed E-state index contributed by atoms with van der Waals surface area (Å²) in [6.45, 7) is -0.0573. The number of carboxylic acids is 1. The Morgan fingerprint density at radius 1 is 1.21 bits per heavy atom. The van der Waals surface area contributed by atoms with Crippen LogP contribution in [0, 0.1) is 5.92 Å². The number of benzene rings is 1. The molecule has 3 N–H and O–H groups in total. The van der Waals surface area contributed by atoms with E-state index in [1.807, 2.05) is 24.3 Å². The molecule has 1 aromatic carbocycles. The highest BCUT2D eigenvalue weighted by atomic mass is 35.5. The Kier molecular flexibility index (Phi) is 5.19. The topological polar surface area (TPSA) is 108 Å². The maximum atomic E-state index is 11.1. The maximum absolute atomic E-state index is 11.1. The molecule has 0 unspecified atom stereocenters. The van der Waals surface area contributed by atoms with Crippen molar-refractivity contribution in [3.8, 4) is 17.3 Å². The number of imidazole rings is 1. The first kappa shape index (κ1) is 18.7. The van der Waals surface area contributed by atoms with Crippen LogP contribution in [0.4, 0.5) is 0 Å². The lowest BCUT2D eigenvalue weighted by Gasteiger charge is -2.25. The number of fused-ring (bicyclic) bond motifs is 1. The van der Waals surface area contributed by atoms with Gasteiger partial charge in [0.25, 0.3) is 6.01 Å². The van der Waals surface area contributed by atoms with Crippen LogP contribution in [0.5, 0.6) is 6.01 Å². The molecule has 28 heavy (non-hydrogen) atoms. The van der Waals surface area contributed by atoms with Gasteiger partial charge in [0.15, 0.2) is 5.65 Å². The fraction of sp³-hybridized carbons (Fsp3) is 0.350. The van der Waals surface area contributed by atoms with Gasteiger partial charge < -0.3 is 19.9 Å². The number of nitrogens with zero attached hydrogens (tertiary/aromatic N) is 2. The smallest absolute Gasteiger partial charge is 0.306 e. The Hall–Kier alpha value is -2.64. The maximum Gasteiger partial charge on any atom is 0.306 e. The van der Waals surface area contributed by atoms with Crippen LogP contribution in [0.2, 0.25) is 5.02 Å². The van der Waals surface area contributed by atoms with Gasteiger partial charge >= 0.3 is 5.97 Å². The summed E-state index contributed by atoms with van der Waals surface area (Å²) in [5.41, 5.74) is 3.32. The monoisotopic (exact) mass is 401 g/mol. The SMILES string of the molecule is O=C(O)C1CCC(Oc2nc3nc(-c4cccc(CO)c4)c(Cl)cc3[nH]2)CC1. The fourth-order valence-electron chi connectivity index (χ4n) is 3.56. The van der Waals surface area contributed by atoms with E-state index < -0.39 is 5.97 Å². The largest absolute Gasteiger partial charge is 0.481 e. The molecular formula is C20H20ClN3O4. The Labute approximate surface area is 166 Å². The molecule has 4 rings (SSSR count). The quantitative estimate of drug-likeness (QED) is 0.600. The summed E-state index contributed by atoms with van der Waals surface area (Å²) in [5.74, 6) is -1.02. The minimum atomic E-state index is -0.737. The van der Waals surface area contributed by atoms with Crippen LogP contribution in [0.25, 0.3) is 22.4 Å². The van der Waals surface area contributed by atoms with Crippen molar-refractivity contribution in [2.75, 3.05) is 0 Å². The van der Waals surface area contributed by atoms with Crippen LogP contribution in [-0.2, 0) is 11.4 Å². The molecule has 1 saturated carbocycles. The van der Waals surface area contributed by atoms with Crippen LogP contribution in [0.1, 0.15) is 31.2 Å². The standard InChI is InChI=1S/C20H20ClN3O4/c21-15-9-16-18(23-17(15)13-3-1-2-11(8-13)10-25)24-20(22-16)28-14-6-4-12(5-7-14)19(26)27/h1-3,8-9,12,14,25H,4-7,10H2,(H,26,27)(H,22,23,24). The summed E-state index contributed by atoms with van der Waals surface area (Å²) in [6, 6.07) is 9.51. The molecule has 1 fully saturated rings. The lowest BCUT2D eigenvalue weighted by atomic mass is 9.87. The van der Waals surface area contributed by atoms with E-state index in [-0.39, 0.29) is 18.6 Å². The number of hydrogen-bond acceptors (Lipinski definition) is 5. The highest BCUT2D eigenvalue weighted by Gasteiger charge is 2.27. The van der Waals surface area contributed by atoms with Crippen molar-refractivity contribution in [3.63, 3.8) is 0 Å². The molecule has 8 heteroatoms. The van der Waals surface area contributed by atoms with Crippen molar-refractivity contribution in [2.45, 2.75) is 38.4 Å². The van der Waals surface area contributed by atoms with E-state index in [0.717, 1.165) is 11.1 Å². The molecule has 3 aromatic rings. The molecule has 0 radical (unpaired) electrons. The molecule has 0 aliphatic heterocycles. The summed E-state index contributed by atoms with van der Waals surface area (Å²) in [6.07, 6.45) is 2.51. The Bertz CT molecular complexity index is 1010. The van der Waals surface area contributed by atoms with Gasteiger partial charge in [-0.1, -0.05) is 29.8 Å². The number of aliphatic hydroxyl groups excluding tert-OH is 1. The van der Waals surface area contributed by atoms with Crippen LogP contribution >= 0.6 is 11.6 Å². The first-order chi connectivity index (χ1) is 13.5. The zero-order chi connectivity index (χ0) is 19.7. The number of nitrogens with one attached hydrogen (secondary N) is 1. The Morgan fingerprint density at radius 2 is 2.00 bits per heavy atom. The third kappa shape index (κ3) is 3.81. The highest BCUT2D eigenvalue weighted by Crippen LogP contribution is 2.31. The second-order valence-corrected chi connectivity index (χ2v) is 7.43. The number of carboxylic acid groups (broad SMARTS) is 1. The molecule has 7 nitrogen and oxygen atoms in total. The number of pyridine rings is 1. The average molecular weight is 402 g/mol. The van der Waals surface area contributed by atoms with Crippen LogP contribution < -0.4 is 4.74 Å². The van der Waals surface area contributed by atoms with Gasteiger partial charge in [-0.15, -0.1) is 0 Å². The van der Waals surface area contributed by atoms with E-state index in [1.54, 1.807) is 6.07 Å². The number of H-pyrrole nitrogens is 1. The van der Waals surface area contributed by atoms with E-state index in [4.69, 9.17) is 21.4 Å². The van der Waals surface area contributed by atoms with Crippen molar-refractivity contribution in [2.24, 2.45) is 5.92 Å². The summed E-state index contributed by atoms with van der Waals surface area (Å²) in [7, 11) is 0. The fourth-order valence-corrected chi connectivity index (χ4v) is 3.82. The van der Waals surface area contributed by atoms with Gasteiger partial charge in [0.05, 0.1) is 28.8 Å².